The van der Waals surface area contributed by atoms with Crippen LogP contribution in [0.2, 0.25) is 0 Å². The van der Waals surface area contributed by atoms with Gasteiger partial charge in [-0.05, 0) is 25.3 Å². The predicted molar refractivity (Wildman–Crippen MR) is 65.8 cm³/mol. The second-order valence-electron chi connectivity index (χ2n) is 4.94. The molecule has 3 rings (SSSR count). The molecule has 1 N–H and O–H groups in total. The van der Waals surface area contributed by atoms with Crippen LogP contribution in [0.15, 0.2) is 18.3 Å². The van der Waals surface area contributed by atoms with Crippen LogP contribution in [0, 0.1) is 5.92 Å². The fourth-order valence-corrected chi connectivity index (χ4v) is 2.18. The Labute approximate surface area is 105 Å². The zero-order valence-corrected chi connectivity index (χ0v) is 10.1. The molecule has 1 aliphatic heterocycles. The van der Waals surface area contributed by atoms with E-state index in [1.807, 2.05) is 12.1 Å². The molecular formula is C13H16N2O3. The Morgan fingerprint density at radius 2 is 2.22 bits per heavy atom. The van der Waals surface area contributed by atoms with Gasteiger partial charge >= 0.3 is 5.97 Å². The molecule has 96 valence electrons. The highest BCUT2D eigenvalue weighted by Gasteiger charge is 2.28. The highest BCUT2D eigenvalue weighted by Crippen LogP contribution is 2.28. The maximum Gasteiger partial charge on any atom is 0.308 e. The van der Waals surface area contributed by atoms with Crippen molar-refractivity contribution in [3.8, 4) is 5.88 Å². The molecule has 1 aliphatic carbocycles. The van der Waals surface area contributed by atoms with Crippen molar-refractivity contribution in [1.82, 2.24) is 4.98 Å². The number of rotatable bonds is 4. The third kappa shape index (κ3) is 2.39. The zero-order valence-electron chi connectivity index (χ0n) is 10.1. The number of nitrogens with zero attached hydrogens (tertiary/aromatic N) is 2. The van der Waals surface area contributed by atoms with Crippen LogP contribution in [-0.2, 0) is 4.79 Å². The van der Waals surface area contributed by atoms with Crippen molar-refractivity contribution >= 4 is 11.7 Å². The third-order valence-electron chi connectivity index (χ3n) is 3.44. The molecule has 5 heteroatoms. The summed E-state index contributed by atoms with van der Waals surface area (Å²) in [5.74, 6) is -0.304. The van der Waals surface area contributed by atoms with Gasteiger partial charge in [0.1, 0.15) is 6.10 Å². The van der Waals surface area contributed by atoms with E-state index in [0.717, 1.165) is 25.1 Å². The monoisotopic (exact) mass is 248 g/mol. The average molecular weight is 248 g/mol. The molecule has 0 bridgehead atoms. The van der Waals surface area contributed by atoms with Crippen molar-refractivity contribution in [2.75, 3.05) is 18.0 Å². The van der Waals surface area contributed by atoms with Crippen LogP contribution in [0.1, 0.15) is 19.3 Å². The highest BCUT2D eigenvalue weighted by atomic mass is 16.5. The second-order valence-corrected chi connectivity index (χ2v) is 4.94. The summed E-state index contributed by atoms with van der Waals surface area (Å²) in [5, 5.41) is 8.97. The summed E-state index contributed by atoms with van der Waals surface area (Å²) in [6.45, 7) is 1.35. The summed E-state index contributed by atoms with van der Waals surface area (Å²) < 4.78 is 5.58. The van der Waals surface area contributed by atoms with Gasteiger partial charge in [-0.3, -0.25) is 4.79 Å². The quantitative estimate of drug-likeness (QED) is 0.875. The SMILES string of the molecule is O=C(O)C1CCN(c2ccc(OC3CC3)nc2)C1. The number of hydrogen-bond acceptors (Lipinski definition) is 4. The Bertz CT molecular complexity index is 442. The van der Waals surface area contributed by atoms with Crippen molar-refractivity contribution < 1.29 is 14.6 Å². The molecule has 2 aliphatic rings. The molecule has 0 amide bonds. The first-order valence-corrected chi connectivity index (χ1v) is 6.33. The Kier molecular flexibility index (Phi) is 2.81. The van der Waals surface area contributed by atoms with Gasteiger partial charge in [-0.1, -0.05) is 0 Å². The number of carboxylic acids is 1. The maximum absolute atomic E-state index is 10.9. The number of aromatic nitrogens is 1. The summed E-state index contributed by atoms with van der Waals surface area (Å²) in [7, 11) is 0. The Morgan fingerprint density at radius 1 is 1.39 bits per heavy atom. The fourth-order valence-electron chi connectivity index (χ4n) is 2.18. The van der Waals surface area contributed by atoms with Gasteiger partial charge < -0.3 is 14.7 Å². The molecule has 1 saturated carbocycles. The molecule has 18 heavy (non-hydrogen) atoms. The molecule has 2 fully saturated rings. The van der Waals surface area contributed by atoms with Crippen molar-refractivity contribution in [3.05, 3.63) is 18.3 Å². The molecule has 1 atom stereocenters. The minimum atomic E-state index is -0.709. The number of carbonyl (C=O) groups is 1. The molecule has 1 aromatic heterocycles. The molecular weight excluding hydrogens is 232 g/mol. The van der Waals surface area contributed by atoms with Crippen molar-refractivity contribution in [2.45, 2.75) is 25.4 Å². The van der Waals surface area contributed by atoms with Gasteiger partial charge in [0.25, 0.3) is 0 Å². The lowest BCUT2D eigenvalue weighted by molar-refractivity contribution is -0.140. The van der Waals surface area contributed by atoms with Gasteiger partial charge in [-0.15, -0.1) is 0 Å². The molecule has 0 radical (unpaired) electrons. The summed E-state index contributed by atoms with van der Waals surface area (Å²) in [4.78, 5) is 17.2. The van der Waals surface area contributed by atoms with Crippen LogP contribution in [0.4, 0.5) is 5.69 Å². The van der Waals surface area contributed by atoms with E-state index >= 15 is 0 Å². The molecule has 0 aromatic carbocycles. The normalized spacial score (nSPS) is 23.1. The molecule has 0 spiro atoms. The maximum atomic E-state index is 10.9. The first kappa shape index (κ1) is 11.3. The van der Waals surface area contributed by atoms with Gasteiger partial charge in [0.2, 0.25) is 5.88 Å². The first-order chi connectivity index (χ1) is 8.72. The largest absolute Gasteiger partial charge is 0.481 e. The van der Waals surface area contributed by atoms with E-state index in [9.17, 15) is 4.79 Å². The number of carboxylic acid groups (broad SMARTS) is 1. The van der Waals surface area contributed by atoms with E-state index in [4.69, 9.17) is 9.84 Å². The number of pyridine rings is 1. The average Bonchev–Trinajstić information content (AvgIpc) is 3.04. The lowest BCUT2D eigenvalue weighted by atomic mass is 10.1. The molecule has 1 aromatic rings. The standard InChI is InChI=1S/C13H16N2O3/c16-13(17)9-5-6-15(8-9)10-1-4-12(14-7-10)18-11-2-3-11/h1,4,7,9,11H,2-3,5-6,8H2,(H,16,17). The van der Waals surface area contributed by atoms with E-state index in [1.54, 1.807) is 6.20 Å². The van der Waals surface area contributed by atoms with E-state index in [0.29, 0.717) is 24.9 Å². The van der Waals surface area contributed by atoms with Crippen molar-refractivity contribution in [3.63, 3.8) is 0 Å². The number of ether oxygens (including phenoxy) is 1. The minimum Gasteiger partial charge on any atom is -0.481 e. The Morgan fingerprint density at radius 3 is 2.78 bits per heavy atom. The van der Waals surface area contributed by atoms with Gasteiger partial charge in [0.15, 0.2) is 0 Å². The predicted octanol–water partition coefficient (Wildman–Crippen LogP) is 1.53. The van der Waals surface area contributed by atoms with Gasteiger partial charge in [-0.25, -0.2) is 4.98 Å². The van der Waals surface area contributed by atoms with Gasteiger partial charge in [0, 0.05) is 19.2 Å². The third-order valence-corrected chi connectivity index (χ3v) is 3.44. The number of hydrogen-bond donors (Lipinski definition) is 1. The van der Waals surface area contributed by atoms with E-state index in [-0.39, 0.29) is 5.92 Å². The highest BCUT2D eigenvalue weighted by molar-refractivity contribution is 5.72. The van der Waals surface area contributed by atoms with Crippen LogP contribution in [0.25, 0.3) is 0 Å². The van der Waals surface area contributed by atoms with Crippen LogP contribution >= 0.6 is 0 Å². The van der Waals surface area contributed by atoms with Gasteiger partial charge in [-0.2, -0.15) is 0 Å². The Balaban J connectivity index is 1.63. The summed E-state index contributed by atoms with van der Waals surface area (Å²) in [5.41, 5.74) is 0.974. The lowest BCUT2D eigenvalue weighted by Crippen LogP contribution is -2.22. The topological polar surface area (TPSA) is 62.7 Å². The zero-order chi connectivity index (χ0) is 12.5. The fraction of sp³-hybridized carbons (Fsp3) is 0.538. The van der Waals surface area contributed by atoms with E-state index < -0.39 is 5.97 Å². The van der Waals surface area contributed by atoms with Crippen LogP contribution in [0.5, 0.6) is 5.88 Å². The van der Waals surface area contributed by atoms with E-state index in [1.165, 1.54) is 0 Å². The minimum absolute atomic E-state index is 0.257. The molecule has 1 unspecified atom stereocenters. The smallest absolute Gasteiger partial charge is 0.308 e. The summed E-state index contributed by atoms with van der Waals surface area (Å²) >= 11 is 0. The number of anilines is 1. The molecule has 1 saturated heterocycles. The van der Waals surface area contributed by atoms with Crippen molar-refractivity contribution in [1.29, 1.82) is 0 Å². The van der Waals surface area contributed by atoms with Crippen LogP contribution in [-0.4, -0.2) is 35.3 Å². The van der Waals surface area contributed by atoms with Crippen molar-refractivity contribution in [2.24, 2.45) is 5.92 Å². The lowest BCUT2D eigenvalue weighted by Gasteiger charge is -2.17. The first-order valence-electron chi connectivity index (χ1n) is 6.33. The Hall–Kier alpha value is -1.78. The summed E-state index contributed by atoms with van der Waals surface area (Å²) in [6.07, 6.45) is 5.06. The summed E-state index contributed by atoms with van der Waals surface area (Å²) in [6, 6.07) is 3.82. The number of aliphatic carboxylic acids is 1. The second kappa shape index (κ2) is 4.48. The van der Waals surface area contributed by atoms with Crippen LogP contribution in [0.3, 0.4) is 0 Å². The van der Waals surface area contributed by atoms with Gasteiger partial charge in [0.05, 0.1) is 17.8 Å². The molecule has 5 nitrogen and oxygen atoms in total. The molecule has 2 heterocycles. The van der Waals surface area contributed by atoms with Crippen LogP contribution < -0.4 is 9.64 Å². The van der Waals surface area contributed by atoms with E-state index in [2.05, 4.69) is 9.88 Å².